The minimum absolute atomic E-state index is 0.0860. The monoisotopic (exact) mass is 494 g/mol. The second-order valence-electron chi connectivity index (χ2n) is 8.05. The summed E-state index contributed by atoms with van der Waals surface area (Å²) >= 11 is 1.41. The number of carbonyl (C=O) groups excluding carboxylic acids is 1. The number of anilines is 1. The normalized spacial score (nSPS) is 11.5. The fraction of sp³-hybridized carbons (Fsp3) is 0.231. The Morgan fingerprint density at radius 1 is 0.971 bits per heavy atom. The molecule has 4 aromatic rings. The maximum absolute atomic E-state index is 13.4. The number of fused-ring (bicyclic) bond motifs is 1. The number of amides is 1. The van der Waals surface area contributed by atoms with E-state index in [2.05, 4.69) is 0 Å². The van der Waals surface area contributed by atoms with Gasteiger partial charge in [0.05, 0.1) is 29.9 Å². The summed E-state index contributed by atoms with van der Waals surface area (Å²) in [6.07, 6.45) is -0.117. The lowest BCUT2D eigenvalue weighted by molar-refractivity contribution is -0.118. The third-order valence-electron chi connectivity index (χ3n) is 5.48. The highest BCUT2D eigenvalue weighted by Crippen LogP contribution is 2.37. The molecule has 4 rings (SSSR count). The van der Waals surface area contributed by atoms with Crippen molar-refractivity contribution in [3.8, 4) is 5.75 Å². The third-order valence-corrected chi connectivity index (χ3v) is 8.30. The molecule has 0 N–H and O–H groups in total. The van der Waals surface area contributed by atoms with Gasteiger partial charge in [-0.15, -0.1) is 0 Å². The van der Waals surface area contributed by atoms with Gasteiger partial charge in [-0.1, -0.05) is 78.1 Å². The van der Waals surface area contributed by atoms with E-state index in [1.54, 1.807) is 36.3 Å². The van der Waals surface area contributed by atoms with E-state index < -0.39 is 9.84 Å². The summed E-state index contributed by atoms with van der Waals surface area (Å²) in [6, 6.07) is 22.4. The first-order valence-electron chi connectivity index (χ1n) is 10.9. The zero-order valence-corrected chi connectivity index (χ0v) is 20.7. The fourth-order valence-corrected chi connectivity index (χ4v) is 6.08. The summed E-state index contributed by atoms with van der Waals surface area (Å²) in [7, 11) is -1.85. The van der Waals surface area contributed by atoms with Gasteiger partial charge in [-0.2, -0.15) is 0 Å². The van der Waals surface area contributed by atoms with Crippen LogP contribution in [-0.2, 0) is 26.9 Å². The van der Waals surface area contributed by atoms with Crippen molar-refractivity contribution in [2.45, 2.75) is 25.6 Å². The van der Waals surface area contributed by atoms with E-state index in [4.69, 9.17) is 9.72 Å². The van der Waals surface area contributed by atoms with Crippen LogP contribution in [0.3, 0.4) is 0 Å². The number of aromatic nitrogens is 1. The van der Waals surface area contributed by atoms with E-state index in [-0.39, 0.29) is 23.8 Å². The molecule has 0 spiro atoms. The molecule has 0 saturated carbocycles. The van der Waals surface area contributed by atoms with E-state index in [1.807, 2.05) is 55.5 Å². The highest BCUT2D eigenvalue weighted by molar-refractivity contribution is 7.90. The topological polar surface area (TPSA) is 76.6 Å². The second kappa shape index (κ2) is 10.4. The number of aryl methyl sites for hydroxylation is 1. The predicted octanol–water partition coefficient (Wildman–Crippen LogP) is 5.15. The summed E-state index contributed by atoms with van der Waals surface area (Å²) in [5.41, 5.74) is 3.39. The molecule has 3 aromatic carbocycles. The van der Waals surface area contributed by atoms with Crippen LogP contribution in [0, 0.1) is 6.92 Å². The van der Waals surface area contributed by atoms with Crippen molar-refractivity contribution in [3.05, 3.63) is 89.5 Å². The lowest BCUT2D eigenvalue weighted by Crippen LogP contribution is -2.31. The summed E-state index contributed by atoms with van der Waals surface area (Å²) in [5, 5.41) is 0.525. The van der Waals surface area contributed by atoms with Gasteiger partial charge in [0.2, 0.25) is 5.91 Å². The minimum Gasteiger partial charge on any atom is -0.494 e. The molecule has 1 aromatic heterocycles. The predicted molar refractivity (Wildman–Crippen MR) is 137 cm³/mol. The number of thiazole rings is 1. The van der Waals surface area contributed by atoms with Gasteiger partial charge < -0.3 is 4.74 Å². The summed E-state index contributed by atoms with van der Waals surface area (Å²) < 4.78 is 31.8. The zero-order valence-electron chi connectivity index (χ0n) is 19.1. The van der Waals surface area contributed by atoms with Gasteiger partial charge in [-0.3, -0.25) is 9.69 Å². The molecule has 0 unspecified atom stereocenters. The van der Waals surface area contributed by atoms with E-state index >= 15 is 0 Å². The molecular weight excluding hydrogens is 468 g/mol. The maximum atomic E-state index is 13.4. The average Bonchev–Trinajstić information content (AvgIpc) is 3.28. The number of hydrogen-bond acceptors (Lipinski definition) is 6. The van der Waals surface area contributed by atoms with Gasteiger partial charge in [-0.25, -0.2) is 13.4 Å². The Kier molecular flexibility index (Phi) is 7.29. The van der Waals surface area contributed by atoms with E-state index in [0.29, 0.717) is 28.5 Å². The lowest BCUT2D eigenvalue weighted by atomic mass is 10.2. The number of methoxy groups -OCH3 is 1. The van der Waals surface area contributed by atoms with Crippen molar-refractivity contribution in [1.29, 1.82) is 0 Å². The third kappa shape index (κ3) is 5.63. The first-order chi connectivity index (χ1) is 16.4. The number of rotatable bonds is 9. The fourth-order valence-electron chi connectivity index (χ4n) is 3.69. The minimum atomic E-state index is -3.44. The van der Waals surface area contributed by atoms with Crippen LogP contribution in [0.2, 0.25) is 0 Å². The largest absolute Gasteiger partial charge is 0.494 e. The molecule has 0 saturated heterocycles. The Labute approximate surface area is 203 Å². The SMILES string of the molecule is COc1ccc(C)c2sc(N(Cc3ccccc3)C(=O)CCS(=O)(=O)Cc3ccccc3)nc12. The summed E-state index contributed by atoms with van der Waals surface area (Å²) in [6.45, 7) is 2.29. The maximum Gasteiger partial charge on any atom is 0.230 e. The van der Waals surface area contributed by atoms with Crippen LogP contribution < -0.4 is 9.64 Å². The van der Waals surface area contributed by atoms with Gasteiger partial charge in [0, 0.05) is 6.42 Å². The molecule has 6 nitrogen and oxygen atoms in total. The molecule has 0 fully saturated rings. The number of carbonyl (C=O) groups is 1. The Balaban J connectivity index is 1.60. The van der Waals surface area contributed by atoms with Crippen molar-refractivity contribution in [1.82, 2.24) is 4.98 Å². The highest BCUT2D eigenvalue weighted by Gasteiger charge is 2.24. The first-order valence-corrected chi connectivity index (χ1v) is 13.5. The Morgan fingerprint density at radius 3 is 2.26 bits per heavy atom. The number of hydrogen-bond donors (Lipinski definition) is 0. The molecule has 176 valence electrons. The molecule has 1 heterocycles. The van der Waals surface area contributed by atoms with Crippen LogP contribution in [0.15, 0.2) is 72.8 Å². The number of sulfone groups is 1. The molecule has 34 heavy (non-hydrogen) atoms. The highest BCUT2D eigenvalue weighted by atomic mass is 32.2. The van der Waals surface area contributed by atoms with Gasteiger partial charge in [0.1, 0.15) is 11.3 Å². The van der Waals surface area contributed by atoms with Crippen molar-refractivity contribution >= 4 is 42.4 Å². The van der Waals surface area contributed by atoms with Crippen molar-refractivity contribution in [2.24, 2.45) is 0 Å². The van der Waals surface area contributed by atoms with E-state index in [0.717, 1.165) is 15.8 Å². The van der Waals surface area contributed by atoms with Crippen LogP contribution >= 0.6 is 11.3 Å². The van der Waals surface area contributed by atoms with Crippen LogP contribution in [0.1, 0.15) is 23.1 Å². The van der Waals surface area contributed by atoms with E-state index in [9.17, 15) is 13.2 Å². The number of ether oxygens (including phenoxy) is 1. The second-order valence-corrected chi connectivity index (χ2v) is 11.2. The molecule has 8 heteroatoms. The van der Waals surface area contributed by atoms with Crippen LogP contribution in [0.5, 0.6) is 5.75 Å². The lowest BCUT2D eigenvalue weighted by Gasteiger charge is -2.20. The van der Waals surface area contributed by atoms with Crippen LogP contribution in [0.4, 0.5) is 5.13 Å². The Hall–Kier alpha value is -3.23. The Morgan fingerprint density at radius 2 is 1.62 bits per heavy atom. The van der Waals surface area contributed by atoms with E-state index in [1.165, 1.54) is 11.3 Å². The average molecular weight is 495 g/mol. The molecule has 0 aliphatic heterocycles. The molecule has 0 aliphatic carbocycles. The summed E-state index contributed by atoms with van der Waals surface area (Å²) in [4.78, 5) is 19.7. The van der Waals surface area contributed by atoms with Crippen LogP contribution in [0.25, 0.3) is 10.2 Å². The zero-order chi connectivity index (χ0) is 24.1. The van der Waals surface area contributed by atoms with Gasteiger partial charge in [-0.05, 0) is 29.7 Å². The molecule has 0 bridgehead atoms. The number of nitrogens with zero attached hydrogens (tertiary/aromatic N) is 2. The molecule has 1 amide bonds. The summed E-state index contributed by atoms with van der Waals surface area (Å²) in [5.74, 6) is 0.0492. The number of benzene rings is 3. The van der Waals surface area contributed by atoms with Gasteiger partial charge >= 0.3 is 0 Å². The standard InChI is InChI=1S/C26H26N2O4S2/c1-19-13-14-22(32-2)24-25(19)33-26(27-24)28(17-20-9-5-3-6-10-20)23(29)15-16-34(30,31)18-21-11-7-4-8-12-21/h3-14H,15-18H2,1-2H3. The first kappa shape index (κ1) is 23.9. The van der Waals surface area contributed by atoms with Crippen molar-refractivity contribution in [3.63, 3.8) is 0 Å². The smallest absolute Gasteiger partial charge is 0.230 e. The van der Waals surface area contributed by atoms with Crippen molar-refractivity contribution in [2.75, 3.05) is 17.8 Å². The van der Waals surface area contributed by atoms with Crippen molar-refractivity contribution < 1.29 is 17.9 Å². The molecule has 0 aliphatic rings. The van der Waals surface area contributed by atoms with Gasteiger partial charge in [0.15, 0.2) is 15.0 Å². The molecular formula is C26H26N2O4S2. The van der Waals surface area contributed by atoms with Gasteiger partial charge in [0.25, 0.3) is 0 Å². The molecule has 0 atom stereocenters. The molecule has 0 radical (unpaired) electrons. The Bertz CT molecular complexity index is 1380. The van der Waals surface area contributed by atoms with Crippen LogP contribution in [-0.4, -0.2) is 32.2 Å². The quantitative estimate of drug-likeness (QED) is 0.322.